The first-order chi connectivity index (χ1) is 10.1. The minimum atomic E-state index is -0.960. The van der Waals surface area contributed by atoms with E-state index in [0.717, 1.165) is 30.4 Å². The normalized spacial score (nSPS) is 17.3. The van der Waals surface area contributed by atoms with E-state index in [2.05, 4.69) is 21.9 Å². The molecule has 22 heavy (non-hydrogen) atoms. The van der Waals surface area contributed by atoms with Gasteiger partial charge in [0.15, 0.2) is 0 Å². The van der Waals surface area contributed by atoms with Crippen LogP contribution in [0.4, 0.5) is 5.82 Å². The minimum absolute atomic E-state index is 0. The van der Waals surface area contributed by atoms with Crippen LogP contribution in [0.2, 0.25) is 0 Å². The fourth-order valence-electron chi connectivity index (χ4n) is 2.59. The van der Waals surface area contributed by atoms with Crippen molar-refractivity contribution in [3.63, 3.8) is 0 Å². The molecule has 6 nitrogen and oxygen atoms in total. The Balaban J connectivity index is 0.00000132. The van der Waals surface area contributed by atoms with Crippen molar-refractivity contribution >= 4 is 11.8 Å². The monoisotopic (exact) mass is 294 g/mol. The van der Waals surface area contributed by atoms with E-state index in [-0.39, 0.29) is 25.9 Å². The first-order valence-electron chi connectivity index (χ1n) is 7.07. The van der Waals surface area contributed by atoms with Crippen LogP contribution in [-0.4, -0.2) is 38.9 Å². The zero-order valence-electron chi connectivity index (χ0n) is 13.9. The number of nitrogens with zero attached hydrogens (tertiary/aromatic N) is 4. The van der Waals surface area contributed by atoms with Gasteiger partial charge >= 0.3 is 24.8 Å². The molecule has 3 heterocycles. The number of hydrogen-bond donors (Lipinski definition) is 1. The van der Waals surface area contributed by atoms with E-state index in [9.17, 15) is 4.79 Å². The van der Waals surface area contributed by atoms with Crippen LogP contribution in [0.1, 0.15) is 30.7 Å². The molecule has 1 N–H and O–H groups in total. The molecule has 1 aliphatic heterocycles. The van der Waals surface area contributed by atoms with Gasteiger partial charge in [0, 0.05) is 25.5 Å². The molecule has 0 aromatic carbocycles. The molecule has 2 aromatic heterocycles. The molecular formula is C15H19LiN4O2. The van der Waals surface area contributed by atoms with Gasteiger partial charge in [-0.15, -0.1) is 0 Å². The summed E-state index contributed by atoms with van der Waals surface area (Å²) in [6.45, 7) is 4.91. The molecule has 0 amide bonds. The number of aromatic carboxylic acids is 1. The van der Waals surface area contributed by atoms with E-state index in [4.69, 9.17) is 5.11 Å². The van der Waals surface area contributed by atoms with Gasteiger partial charge in [-0.05, 0) is 24.0 Å². The Morgan fingerprint density at radius 3 is 2.82 bits per heavy atom. The summed E-state index contributed by atoms with van der Waals surface area (Å²) in [6.07, 6.45) is 5.93. The number of anilines is 1. The molecule has 0 aliphatic carbocycles. The largest absolute Gasteiger partial charge is 1.00 e. The molecule has 2 aromatic rings. The van der Waals surface area contributed by atoms with Crippen LogP contribution in [0.3, 0.4) is 0 Å². The Hall–Kier alpha value is -1.77. The number of carbonyl (C=O) groups is 1. The third-order valence-corrected chi connectivity index (χ3v) is 3.78. The molecule has 1 atom stereocenters. The Bertz CT molecular complexity index is 647. The summed E-state index contributed by atoms with van der Waals surface area (Å²) in [5.74, 6) is 0.776. The molecule has 112 valence electrons. The summed E-state index contributed by atoms with van der Waals surface area (Å²) in [5.41, 5.74) is 1.21. The topological polar surface area (TPSA) is 71.2 Å². The van der Waals surface area contributed by atoms with Crippen LogP contribution in [0.15, 0.2) is 30.7 Å². The molecule has 1 aliphatic rings. The number of pyridine rings is 1. The van der Waals surface area contributed by atoms with Crippen LogP contribution >= 0.6 is 0 Å². The van der Waals surface area contributed by atoms with Gasteiger partial charge < -0.3 is 11.4 Å². The SMILES string of the molecule is C[C@H]1CCN(c2ccc(Cn3cc(C(=O)O)cn3)cn2)C1.[H-].[Li+]. The summed E-state index contributed by atoms with van der Waals surface area (Å²) >= 11 is 0. The van der Waals surface area contributed by atoms with Gasteiger partial charge in [-0.3, -0.25) is 4.68 Å². The van der Waals surface area contributed by atoms with E-state index >= 15 is 0 Å². The van der Waals surface area contributed by atoms with Gasteiger partial charge in [0.05, 0.1) is 18.3 Å². The second kappa shape index (κ2) is 6.99. The van der Waals surface area contributed by atoms with E-state index in [1.165, 1.54) is 18.8 Å². The summed E-state index contributed by atoms with van der Waals surface area (Å²) in [5, 5.41) is 12.9. The Kier molecular flexibility index (Phi) is 5.27. The summed E-state index contributed by atoms with van der Waals surface area (Å²) < 4.78 is 1.61. The molecule has 7 heteroatoms. The Morgan fingerprint density at radius 1 is 1.45 bits per heavy atom. The van der Waals surface area contributed by atoms with Crippen molar-refractivity contribution < 1.29 is 30.2 Å². The number of rotatable bonds is 4. The van der Waals surface area contributed by atoms with Crippen molar-refractivity contribution in [2.45, 2.75) is 19.9 Å². The van der Waals surface area contributed by atoms with Crippen molar-refractivity contribution in [3.05, 3.63) is 41.9 Å². The van der Waals surface area contributed by atoms with Crippen molar-refractivity contribution in [1.29, 1.82) is 0 Å². The van der Waals surface area contributed by atoms with Crippen LogP contribution in [-0.2, 0) is 6.54 Å². The molecule has 0 unspecified atom stereocenters. The molecule has 0 bridgehead atoms. The molecular weight excluding hydrogens is 275 g/mol. The van der Waals surface area contributed by atoms with Gasteiger partial charge in [-0.25, -0.2) is 9.78 Å². The van der Waals surface area contributed by atoms with Gasteiger partial charge in [0.1, 0.15) is 5.82 Å². The van der Waals surface area contributed by atoms with Crippen LogP contribution < -0.4 is 23.8 Å². The quantitative estimate of drug-likeness (QED) is 0.732. The molecule has 0 radical (unpaired) electrons. The first kappa shape index (κ1) is 16.6. The number of hydrogen-bond acceptors (Lipinski definition) is 4. The van der Waals surface area contributed by atoms with E-state index in [0.29, 0.717) is 6.54 Å². The van der Waals surface area contributed by atoms with Crippen molar-refractivity contribution in [1.82, 2.24) is 14.8 Å². The molecule has 3 rings (SSSR count). The smallest absolute Gasteiger partial charge is 1.00 e. The minimum Gasteiger partial charge on any atom is -1.00 e. The van der Waals surface area contributed by atoms with Gasteiger partial charge in [0.2, 0.25) is 0 Å². The maximum absolute atomic E-state index is 10.8. The summed E-state index contributed by atoms with van der Waals surface area (Å²) in [6, 6.07) is 4.04. The third kappa shape index (κ3) is 3.70. The number of carboxylic acids is 1. The maximum Gasteiger partial charge on any atom is 1.00 e. The first-order valence-corrected chi connectivity index (χ1v) is 7.07. The number of carboxylic acid groups (broad SMARTS) is 1. The standard InChI is InChI=1S/C15H18N4O2.Li.H/c1-11-4-5-18(8-11)14-3-2-12(6-16-14)9-19-10-13(7-17-19)15(20)21;;/h2-3,6-7,10-11H,4-5,8-9H2,1H3,(H,20,21);;/q;+1;-1/t11-;;/m0../s1. The van der Waals surface area contributed by atoms with Crippen LogP contribution in [0.25, 0.3) is 0 Å². The third-order valence-electron chi connectivity index (χ3n) is 3.78. The predicted molar refractivity (Wildman–Crippen MR) is 79.6 cm³/mol. The van der Waals surface area contributed by atoms with Crippen molar-refractivity contribution in [3.8, 4) is 0 Å². The van der Waals surface area contributed by atoms with Crippen LogP contribution in [0.5, 0.6) is 0 Å². The Morgan fingerprint density at radius 2 is 2.27 bits per heavy atom. The average molecular weight is 294 g/mol. The fourth-order valence-corrected chi connectivity index (χ4v) is 2.59. The molecule has 0 spiro atoms. The van der Waals surface area contributed by atoms with Crippen molar-refractivity contribution in [2.75, 3.05) is 18.0 Å². The molecule has 1 fully saturated rings. The van der Waals surface area contributed by atoms with Gasteiger partial charge in [0.25, 0.3) is 0 Å². The zero-order chi connectivity index (χ0) is 14.8. The number of aromatic nitrogens is 3. The van der Waals surface area contributed by atoms with E-state index < -0.39 is 5.97 Å². The maximum atomic E-state index is 10.8. The van der Waals surface area contributed by atoms with E-state index in [1.54, 1.807) is 4.68 Å². The summed E-state index contributed by atoms with van der Waals surface area (Å²) in [7, 11) is 0. The average Bonchev–Trinajstić information content (AvgIpc) is 3.09. The second-order valence-electron chi connectivity index (χ2n) is 5.60. The van der Waals surface area contributed by atoms with Gasteiger partial charge in [-0.1, -0.05) is 13.0 Å². The predicted octanol–water partition coefficient (Wildman–Crippen LogP) is -1.01. The van der Waals surface area contributed by atoms with E-state index in [1.807, 2.05) is 18.3 Å². The van der Waals surface area contributed by atoms with Crippen molar-refractivity contribution in [2.24, 2.45) is 5.92 Å². The summed E-state index contributed by atoms with van der Waals surface area (Å²) in [4.78, 5) is 17.6. The fraction of sp³-hybridized carbons (Fsp3) is 0.400. The second-order valence-corrected chi connectivity index (χ2v) is 5.60. The Labute approximate surface area is 142 Å². The van der Waals surface area contributed by atoms with Gasteiger partial charge in [-0.2, -0.15) is 5.10 Å². The molecule has 1 saturated heterocycles. The van der Waals surface area contributed by atoms with Crippen LogP contribution in [0, 0.1) is 5.92 Å². The molecule has 0 saturated carbocycles. The zero-order valence-corrected chi connectivity index (χ0v) is 12.9.